The lowest BCUT2D eigenvalue weighted by atomic mass is 9.81. The molecule has 2 aliphatic heterocycles. The number of benzene rings is 2. The van der Waals surface area contributed by atoms with E-state index >= 15 is 0 Å². The smallest absolute Gasteiger partial charge is 0.472 e. The van der Waals surface area contributed by atoms with Crippen LogP contribution in [-0.2, 0) is 80.8 Å². The van der Waals surface area contributed by atoms with Crippen molar-refractivity contribution < 1.29 is 75.9 Å². The molecule has 6 N–H and O–H groups in total. The number of rotatable bonds is 26. The summed E-state index contributed by atoms with van der Waals surface area (Å²) in [6.45, 7) is 6.10. The molecular formula is C46H67N4O16P. The molecule has 5 atom stereocenters. The molecule has 1 unspecified atom stereocenters. The van der Waals surface area contributed by atoms with Crippen molar-refractivity contribution in [1.29, 1.82) is 0 Å². The summed E-state index contributed by atoms with van der Waals surface area (Å²) in [6.07, 6.45) is 1.10. The van der Waals surface area contributed by atoms with Gasteiger partial charge in [0, 0.05) is 32.4 Å². The SMILES string of the molecule is CCCC(=O)OC[C@H](COP(=O)(O)OCCNC(=O)CCOC(=O)NCc1ccc(CCC(=O)[C@@H]2Cc3ccc(cc3)OCCC[C@H](C(=O)ON)[C@@H](CC(C)C)C(=O)N2)cc1)OC(=O)CCC. The van der Waals surface area contributed by atoms with Gasteiger partial charge in [0.2, 0.25) is 11.8 Å². The van der Waals surface area contributed by atoms with Crippen molar-refractivity contribution in [3.63, 3.8) is 0 Å². The minimum absolute atomic E-state index is 0.0689. The summed E-state index contributed by atoms with van der Waals surface area (Å²) in [6, 6.07) is 13.7. The highest BCUT2D eigenvalue weighted by atomic mass is 31.2. The maximum Gasteiger partial charge on any atom is 0.472 e. The van der Waals surface area contributed by atoms with E-state index in [9.17, 15) is 43.0 Å². The Morgan fingerprint density at radius 2 is 1.55 bits per heavy atom. The van der Waals surface area contributed by atoms with Crippen molar-refractivity contribution in [2.24, 2.45) is 23.7 Å². The standard InChI is InChI=1S/C46H67N4O16P/c1-5-8-42(53)62-29-36(65-43(54)9-6-2)30-64-67(58,59)63-25-22-48-41(52)21-24-61-46(57)49-28-34-13-11-32(12-14-34)17-20-40(51)39-27-33-15-18-35(19-16-33)60-23-7-10-37(45(56)66-47)38(26-31(3)4)44(55)50-39/h11-16,18-19,31,36-39H,5-10,17,20-30,47H2,1-4H3,(H,48,52)(H,49,57)(H,50,55)(H,58,59)/t36-,37+,38-,39+/m1/s1. The molecule has 4 rings (SSSR count). The van der Waals surface area contributed by atoms with Crippen LogP contribution in [0.1, 0.15) is 102 Å². The molecule has 3 amide bonds. The zero-order chi connectivity index (χ0) is 49.2. The first-order chi connectivity index (χ1) is 32.0. The Kier molecular flexibility index (Phi) is 25.1. The summed E-state index contributed by atoms with van der Waals surface area (Å²) in [5, 5.41) is 8.02. The molecule has 0 aliphatic carbocycles. The van der Waals surface area contributed by atoms with Gasteiger partial charge in [-0.1, -0.05) is 64.1 Å². The molecule has 0 saturated heterocycles. The van der Waals surface area contributed by atoms with E-state index < -0.39 is 80.8 Å². The second-order valence-corrected chi connectivity index (χ2v) is 17.9. The molecule has 372 valence electrons. The Balaban J connectivity index is 1.42. The molecule has 0 radical (unpaired) electrons. The fourth-order valence-corrected chi connectivity index (χ4v) is 7.67. The summed E-state index contributed by atoms with van der Waals surface area (Å²) in [4.78, 5) is 103. The van der Waals surface area contributed by atoms with Crippen LogP contribution < -0.4 is 26.6 Å². The number of carbonyl (C=O) groups excluding carboxylic acids is 7. The maximum atomic E-state index is 13.9. The van der Waals surface area contributed by atoms with Crippen molar-refractivity contribution >= 4 is 49.4 Å². The molecule has 2 bridgehead atoms. The number of carbonyl (C=O) groups is 7. The predicted octanol–water partition coefficient (Wildman–Crippen LogP) is 4.71. The normalized spacial score (nSPS) is 17.7. The molecule has 21 heteroatoms. The highest BCUT2D eigenvalue weighted by Crippen LogP contribution is 2.43. The Bertz CT molecular complexity index is 1950. The third-order valence-electron chi connectivity index (χ3n) is 10.4. The number of amides is 3. The zero-order valence-electron chi connectivity index (χ0n) is 38.8. The van der Waals surface area contributed by atoms with Crippen LogP contribution in [-0.4, -0.2) is 98.2 Å². The van der Waals surface area contributed by atoms with Crippen molar-refractivity contribution in [3.8, 4) is 5.75 Å². The number of alkyl carbamates (subject to hydrolysis) is 1. The van der Waals surface area contributed by atoms with Gasteiger partial charge < -0.3 is 44.6 Å². The zero-order valence-corrected chi connectivity index (χ0v) is 39.7. The van der Waals surface area contributed by atoms with Crippen LogP contribution in [0.5, 0.6) is 5.75 Å². The van der Waals surface area contributed by atoms with Crippen LogP contribution in [0.4, 0.5) is 4.79 Å². The molecule has 0 saturated carbocycles. The third-order valence-corrected chi connectivity index (χ3v) is 11.4. The lowest BCUT2D eigenvalue weighted by Gasteiger charge is -2.28. The molecular weight excluding hydrogens is 895 g/mol. The topological polar surface area (TPSA) is 284 Å². The van der Waals surface area contributed by atoms with E-state index in [1.54, 1.807) is 26.0 Å². The Morgan fingerprint density at radius 3 is 2.22 bits per heavy atom. The van der Waals surface area contributed by atoms with Crippen LogP contribution in [0.3, 0.4) is 0 Å². The van der Waals surface area contributed by atoms with Gasteiger partial charge in [-0.15, -0.1) is 0 Å². The van der Waals surface area contributed by atoms with Crippen LogP contribution >= 0.6 is 7.82 Å². The van der Waals surface area contributed by atoms with E-state index in [4.69, 9.17) is 33.9 Å². The number of nitrogens with two attached hydrogens (primary N) is 1. The number of aryl methyl sites for hydroxylation is 1. The van der Waals surface area contributed by atoms with E-state index in [0.717, 1.165) is 16.7 Å². The number of ketones is 1. The highest BCUT2D eigenvalue weighted by molar-refractivity contribution is 7.47. The van der Waals surface area contributed by atoms with Gasteiger partial charge in [-0.25, -0.2) is 9.36 Å². The monoisotopic (exact) mass is 962 g/mol. The second-order valence-electron chi connectivity index (χ2n) is 16.4. The average Bonchev–Trinajstić information content (AvgIpc) is 3.29. The Morgan fingerprint density at radius 1 is 0.866 bits per heavy atom. The van der Waals surface area contributed by atoms with Crippen molar-refractivity contribution in [2.45, 2.75) is 117 Å². The molecule has 2 aliphatic rings. The fourth-order valence-electron chi connectivity index (χ4n) is 6.92. The summed E-state index contributed by atoms with van der Waals surface area (Å²) < 4.78 is 43.3. The van der Waals surface area contributed by atoms with Crippen molar-refractivity contribution in [2.75, 3.05) is 39.6 Å². The third kappa shape index (κ3) is 22.3. The first-order valence-electron chi connectivity index (χ1n) is 22.7. The highest BCUT2D eigenvalue weighted by Gasteiger charge is 2.37. The summed E-state index contributed by atoms with van der Waals surface area (Å²) in [5.41, 5.74) is 2.42. The van der Waals surface area contributed by atoms with E-state index in [-0.39, 0.29) is 70.1 Å². The van der Waals surface area contributed by atoms with E-state index in [1.807, 2.05) is 50.2 Å². The molecule has 67 heavy (non-hydrogen) atoms. The molecule has 0 fully saturated rings. The van der Waals surface area contributed by atoms with Crippen LogP contribution in [0.25, 0.3) is 0 Å². The van der Waals surface area contributed by atoms with Gasteiger partial charge in [0.25, 0.3) is 0 Å². The summed E-state index contributed by atoms with van der Waals surface area (Å²) >= 11 is 0. The first-order valence-corrected chi connectivity index (χ1v) is 24.2. The number of nitrogens with one attached hydrogen (secondary N) is 3. The minimum atomic E-state index is -4.64. The maximum absolute atomic E-state index is 13.9. The number of ether oxygens (including phenoxy) is 4. The predicted molar refractivity (Wildman–Crippen MR) is 241 cm³/mol. The number of Topliss-reactive ketones (excluding diaryl/α,β-unsaturated/α-hetero) is 1. The number of hydrogen-bond acceptors (Lipinski definition) is 16. The average molecular weight is 963 g/mol. The van der Waals surface area contributed by atoms with Gasteiger partial charge in [-0.2, -0.15) is 5.90 Å². The number of phosphoric acid groups is 1. The lowest BCUT2D eigenvalue weighted by molar-refractivity contribution is -0.161. The Labute approximate surface area is 391 Å². The van der Waals surface area contributed by atoms with E-state index in [0.29, 0.717) is 50.9 Å². The van der Waals surface area contributed by atoms with Gasteiger partial charge in [0.05, 0.1) is 44.1 Å². The molecule has 2 heterocycles. The van der Waals surface area contributed by atoms with Crippen molar-refractivity contribution in [1.82, 2.24) is 16.0 Å². The largest absolute Gasteiger partial charge is 0.494 e. The van der Waals surface area contributed by atoms with Gasteiger partial charge in [-0.05, 0) is 79.7 Å². The van der Waals surface area contributed by atoms with Gasteiger partial charge >= 0.3 is 31.8 Å². The summed E-state index contributed by atoms with van der Waals surface area (Å²) in [7, 11) is -4.64. The molecule has 0 spiro atoms. The number of fused-ring (bicyclic) bond motifs is 11. The van der Waals surface area contributed by atoms with Gasteiger partial charge in [-0.3, -0.25) is 37.8 Å². The van der Waals surface area contributed by atoms with Crippen LogP contribution in [0.15, 0.2) is 48.5 Å². The van der Waals surface area contributed by atoms with Crippen LogP contribution in [0, 0.1) is 17.8 Å². The molecule has 2 aromatic carbocycles. The second kappa shape index (κ2) is 30.1. The number of phosphoric ester groups is 1. The summed E-state index contributed by atoms with van der Waals surface area (Å²) in [5.74, 6) is 1.50. The van der Waals surface area contributed by atoms with E-state index in [1.165, 1.54) is 0 Å². The minimum Gasteiger partial charge on any atom is -0.494 e. The first kappa shape index (κ1) is 55.9. The van der Waals surface area contributed by atoms with E-state index in [2.05, 4.69) is 20.8 Å². The lowest BCUT2D eigenvalue weighted by Crippen LogP contribution is -2.48. The van der Waals surface area contributed by atoms with Gasteiger partial charge in [0.15, 0.2) is 11.9 Å². The van der Waals surface area contributed by atoms with Gasteiger partial charge in [0.1, 0.15) is 19.0 Å². The molecule has 2 aromatic rings. The quantitative estimate of drug-likeness (QED) is 0.0281. The van der Waals surface area contributed by atoms with Crippen LogP contribution in [0.2, 0.25) is 0 Å². The number of hydrogen-bond donors (Lipinski definition) is 5. The molecule has 0 aromatic heterocycles. The van der Waals surface area contributed by atoms with Crippen molar-refractivity contribution in [3.05, 3.63) is 65.2 Å². The Hall–Kier alpha value is -5.40. The fraction of sp³-hybridized carbons (Fsp3) is 0.587. The molecule has 20 nitrogen and oxygen atoms in total. The number of esters is 2.